The summed E-state index contributed by atoms with van der Waals surface area (Å²) < 4.78 is 10.5. The van der Waals surface area contributed by atoms with E-state index in [0.29, 0.717) is 11.1 Å². The number of ether oxygens (including phenoxy) is 1. The van der Waals surface area contributed by atoms with Crippen molar-refractivity contribution in [1.29, 1.82) is 0 Å². The number of nitrogens with zero attached hydrogens (tertiary/aromatic N) is 1. The fourth-order valence-corrected chi connectivity index (χ4v) is 2.55. The summed E-state index contributed by atoms with van der Waals surface area (Å²) in [4.78, 5) is 37.2. The van der Waals surface area contributed by atoms with Gasteiger partial charge in [0.25, 0.3) is 5.91 Å². The molecule has 2 aromatic rings. The third-order valence-electron chi connectivity index (χ3n) is 3.82. The fraction of sp³-hybridized carbons (Fsp3) is 0.450. The van der Waals surface area contributed by atoms with Gasteiger partial charge in [0.05, 0.1) is 19.2 Å². The normalized spacial score (nSPS) is 11.3. The highest BCUT2D eigenvalue weighted by Gasteiger charge is 2.19. The third kappa shape index (κ3) is 6.13. The third-order valence-corrected chi connectivity index (χ3v) is 3.82. The molecule has 1 aromatic carbocycles. The van der Waals surface area contributed by atoms with Crippen LogP contribution in [-0.2, 0) is 25.5 Å². The van der Waals surface area contributed by atoms with Crippen LogP contribution in [0.25, 0.3) is 11.0 Å². The highest BCUT2D eigenvalue weighted by atomic mass is 16.5. The molecule has 0 saturated carbocycles. The Hall–Kier alpha value is -2.83. The van der Waals surface area contributed by atoms with Gasteiger partial charge in [0.2, 0.25) is 5.91 Å². The number of amides is 2. The van der Waals surface area contributed by atoms with Crippen molar-refractivity contribution in [3.05, 3.63) is 35.6 Å². The monoisotopic (exact) mass is 374 g/mol. The zero-order valence-electron chi connectivity index (χ0n) is 16.4. The molecule has 7 heteroatoms. The van der Waals surface area contributed by atoms with Gasteiger partial charge < -0.3 is 19.4 Å². The molecule has 0 aliphatic carbocycles. The summed E-state index contributed by atoms with van der Waals surface area (Å²) >= 11 is 0. The summed E-state index contributed by atoms with van der Waals surface area (Å²) in [5.41, 5.74) is 2.10. The number of furan rings is 1. The Morgan fingerprint density at radius 1 is 1.22 bits per heavy atom. The molecule has 0 bridgehead atoms. The molecule has 1 N–H and O–H groups in total. The van der Waals surface area contributed by atoms with Crippen LogP contribution in [0.2, 0.25) is 0 Å². The first kappa shape index (κ1) is 20.5. The molecular weight excluding hydrogens is 348 g/mol. The zero-order chi connectivity index (χ0) is 20.2. The number of aryl methyl sites for hydroxylation is 1. The maximum absolute atomic E-state index is 12.1. The van der Waals surface area contributed by atoms with Gasteiger partial charge in [-0.05, 0) is 39.3 Å². The predicted octanol–water partition coefficient (Wildman–Crippen LogP) is 2.20. The van der Waals surface area contributed by atoms with E-state index in [1.165, 1.54) is 18.2 Å². The second-order valence-electron chi connectivity index (χ2n) is 7.65. The fourth-order valence-electron chi connectivity index (χ4n) is 2.55. The summed E-state index contributed by atoms with van der Waals surface area (Å²) in [6.45, 7) is 7.02. The molecule has 2 amide bonds. The Morgan fingerprint density at radius 2 is 1.93 bits per heavy atom. The van der Waals surface area contributed by atoms with Gasteiger partial charge in [-0.1, -0.05) is 12.1 Å². The Morgan fingerprint density at radius 3 is 2.59 bits per heavy atom. The van der Waals surface area contributed by atoms with Crippen LogP contribution < -0.4 is 5.32 Å². The number of hydrogen-bond donors (Lipinski definition) is 1. The van der Waals surface area contributed by atoms with Crippen molar-refractivity contribution in [2.45, 2.75) is 39.7 Å². The molecule has 0 aliphatic rings. The molecule has 0 radical (unpaired) electrons. The topological polar surface area (TPSA) is 88.9 Å². The highest BCUT2D eigenvalue weighted by molar-refractivity contribution is 5.88. The van der Waals surface area contributed by atoms with Crippen molar-refractivity contribution >= 4 is 28.8 Å². The lowest BCUT2D eigenvalue weighted by Crippen LogP contribution is -2.46. The molecule has 0 atom stereocenters. The summed E-state index contributed by atoms with van der Waals surface area (Å²) in [7, 11) is 1.49. The van der Waals surface area contributed by atoms with Crippen molar-refractivity contribution < 1.29 is 23.5 Å². The number of carbonyl (C=O) groups excluding carboxylic acids is 3. The predicted molar refractivity (Wildman–Crippen MR) is 101 cm³/mol. The number of likely N-dealkylation sites (N-methyl/N-ethyl adjacent to an activating group) is 1. The molecule has 27 heavy (non-hydrogen) atoms. The lowest BCUT2D eigenvalue weighted by atomic mass is 10.1. The molecular formula is C20H26N2O5. The molecule has 0 aliphatic heterocycles. The van der Waals surface area contributed by atoms with Gasteiger partial charge in [0, 0.05) is 23.5 Å². The van der Waals surface area contributed by atoms with E-state index in [-0.39, 0.29) is 24.4 Å². The van der Waals surface area contributed by atoms with E-state index < -0.39 is 18.5 Å². The van der Waals surface area contributed by atoms with Gasteiger partial charge in [0.15, 0.2) is 6.61 Å². The highest BCUT2D eigenvalue weighted by Crippen LogP contribution is 2.22. The van der Waals surface area contributed by atoms with E-state index in [0.717, 1.165) is 10.9 Å². The van der Waals surface area contributed by atoms with Crippen LogP contribution in [0.3, 0.4) is 0 Å². The molecule has 0 saturated heterocycles. The molecule has 1 aromatic heterocycles. The lowest BCUT2D eigenvalue weighted by molar-refractivity contribution is -0.151. The lowest BCUT2D eigenvalue weighted by Gasteiger charge is -2.23. The van der Waals surface area contributed by atoms with Crippen molar-refractivity contribution in [3.8, 4) is 0 Å². The van der Waals surface area contributed by atoms with Crippen LogP contribution >= 0.6 is 0 Å². The Kier molecular flexibility index (Phi) is 6.25. The van der Waals surface area contributed by atoms with Crippen molar-refractivity contribution in [3.63, 3.8) is 0 Å². The minimum Gasteiger partial charge on any atom is -0.464 e. The number of carbonyl (C=O) groups is 3. The van der Waals surface area contributed by atoms with Gasteiger partial charge in [-0.15, -0.1) is 0 Å². The number of esters is 1. The van der Waals surface area contributed by atoms with Crippen LogP contribution in [0, 0.1) is 6.92 Å². The minimum absolute atomic E-state index is 0.0115. The largest absolute Gasteiger partial charge is 0.464 e. The van der Waals surface area contributed by atoms with Crippen molar-refractivity contribution in [2.24, 2.45) is 0 Å². The average molecular weight is 374 g/mol. The van der Waals surface area contributed by atoms with Crippen LogP contribution in [0.4, 0.5) is 0 Å². The molecule has 146 valence electrons. The van der Waals surface area contributed by atoms with Crippen molar-refractivity contribution in [2.75, 3.05) is 20.2 Å². The van der Waals surface area contributed by atoms with E-state index >= 15 is 0 Å². The second-order valence-corrected chi connectivity index (χ2v) is 7.65. The van der Waals surface area contributed by atoms with Crippen LogP contribution in [-0.4, -0.2) is 48.4 Å². The van der Waals surface area contributed by atoms with E-state index in [1.54, 1.807) is 0 Å². The SMILES string of the molecule is Cc1ccc2c(CC(=O)OCC(=O)N(C)CC(=O)NC(C)(C)C)coc2c1. The smallest absolute Gasteiger partial charge is 0.310 e. The van der Waals surface area contributed by atoms with E-state index in [4.69, 9.17) is 9.15 Å². The summed E-state index contributed by atoms with van der Waals surface area (Å²) in [6, 6.07) is 5.72. The molecule has 0 unspecified atom stereocenters. The van der Waals surface area contributed by atoms with E-state index in [1.807, 2.05) is 45.9 Å². The number of nitrogens with one attached hydrogen (secondary N) is 1. The average Bonchev–Trinajstić information content (AvgIpc) is 2.92. The summed E-state index contributed by atoms with van der Waals surface area (Å²) in [5, 5.41) is 3.62. The standard InChI is InChI=1S/C20H26N2O5/c1-13-6-7-15-14(11-26-16(15)8-13)9-19(25)27-12-18(24)22(5)10-17(23)21-20(2,3)4/h6-8,11H,9-10,12H2,1-5H3,(H,21,23). The first-order chi connectivity index (χ1) is 12.5. The number of rotatable bonds is 6. The van der Waals surface area contributed by atoms with Gasteiger partial charge in [-0.2, -0.15) is 0 Å². The van der Waals surface area contributed by atoms with Gasteiger partial charge >= 0.3 is 5.97 Å². The Bertz CT molecular complexity index is 848. The van der Waals surface area contributed by atoms with Gasteiger partial charge in [0.1, 0.15) is 5.58 Å². The van der Waals surface area contributed by atoms with Crippen LogP contribution in [0.5, 0.6) is 0 Å². The maximum Gasteiger partial charge on any atom is 0.310 e. The second kappa shape index (κ2) is 8.24. The van der Waals surface area contributed by atoms with Gasteiger partial charge in [-0.3, -0.25) is 14.4 Å². The maximum atomic E-state index is 12.1. The Labute approximate surface area is 158 Å². The number of hydrogen-bond acceptors (Lipinski definition) is 5. The first-order valence-corrected chi connectivity index (χ1v) is 8.72. The molecule has 7 nitrogen and oxygen atoms in total. The Balaban J connectivity index is 1.83. The number of fused-ring (bicyclic) bond motifs is 1. The molecule has 1 heterocycles. The molecule has 0 fully saturated rings. The van der Waals surface area contributed by atoms with E-state index in [9.17, 15) is 14.4 Å². The molecule has 0 spiro atoms. The first-order valence-electron chi connectivity index (χ1n) is 8.72. The van der Waals surface area contributed by atoms with Crippen LogP contribution in [0.15, 0.2) is 28.9 Å². The van der Waals surface area contributed by atoms with Gasteiger partial charge in [-0.25, -0.2) is 0 Å². The van der Waals surface area contributed by atoms with Crippen LogP contribution in [0.1, 0.15) is 31.9 Å². The van der Waals surface area contributed by atoms with E-state index in [2.05, 4.69) is 5.32 Å². The number of benzene rings is 1. The van der Waals surface area contributed by atoms with Crippen molar-refractivity contribution in [1.82, 2.24) is 10.2 Å². The summed E-state index contributed by atoms with van der Waals surface area (Å²) in [5.74, 6) is -1.25. The summed E-state index contributed by atoms with van der Waals surface area (Å²) in [6.07, 6.45) is 1.54. The quantitative estimate of drug-likeness (QED) is 0.783. The molecule has 2 rings (SSSR count). The minimum atomic E-state index is -0.529. The zero-order valence-corrected chi connectivity index (χ0v) is 16.4.